The molecular weight excluding hydrogens is 282 g/mol. The monoisotopic (exact) mass is 295 g/mol. The van der Waals surface area contributed by atoms with Crippen LogP contribution in [0.25, 0.3) is 0 Å². The van der Waals surface area contributed by atoms with E-state index in [1.54, 1.807) is 13.0 Å². The van der Waals surface area contributed by atoms with E-state index >= 15 is 0 Å². The van der Waals surface area contributed by atoms with Crippen LogP contribution in [0, 0.1) is 6.92 Å². The molecule has 0 saturated carbocycles. The molecule has 0 saturated heterocycles. The Morgan fingerprint density at radius 1 is 1.45 bits per heavy atom. The van der Waals surface area contributed by atoms with Crippen molar-refractivity contribution in [3.05, 3.63) is 47.2 Å². The first-order chi connectivity index (χ1) is 9.37. The van der Waals surface area contributed by atoms with Crippen LogP contribution >= 0.6 is 0 Å². The van der Waals surface area contributed by atoms with E-state index < -0.39 is 16.0 Å². The van der Waals surface area contributed by atoms with E-state index in [-0.39, 0.29) is 11.3 Å². The van der Waals surface area contributed by atoms with Gasteiger partial charge in [-0.3, -0.25) is 9.82 Å². The number of aromatic amines is 1. The number of aryl methyl sites for hydroxylation is 1. The van der Waals surface area contributed by atoms with Crippen LogP contribution in [0.15, 0.2) is 30.5 Å². The lowest BCUT2D eigenvalue weighted by Crippen LogP contribution is -2.16. The fourth-order valence-electron chi connectivity index (χ4n) is 1.65. The molecule has 20 heavy (non-hydrogen) atoms. The van der Waals surface area contributed by atoms with Crippen molar-refractivity contribution < 1.29 is 18.3 Å². The summed E-state index contributed by atoms with van der Waals surface area (Å²) >= 11 is 0. The Kier molecular flexibility index (Phi) is 3.75. The lowest BCUT2D eigenvalue weighted by molar-refractivity contribution is 0.0696. The van der Waals surface area contributed by atoms with Gasteiger partial charge < -0.3 is 5.11 Å². The number of hydrogen-bond donors (Lipinski definition) is 3. The summed E-state index contributed by atoms with van der Waals surface area (Å²) in [4.78, 5) is 10.8. The maximum Gasteiger partial charge on any atom is 0.335 e. The molecular formula is C12H13N3O4S. The van der Waals surface area contributed by atoms with Crippen LogP contribution in [-0.4, -0.2) is 29.7 Å². The molecule has 0 aliphatic carbocycles. The van der Waals surface area contributed by atoms with Gasteiger partial charge in [-0.2, -0.15) is 5.10 Å². The van der Waals surface area contributed by atoms with Crippen LogP contribution in [0.4, 0.5) is 5.82 Å². The smallest absolute Gasteiger partial charge is 0.335 e. The molecule has 0 spiro atoms. The fourth-order valence-corrected chi connectivity index (χ4v) is 2.86. The molecule has 2 rings (SSSR count). The molecule has 3 N–H and O–H groups in total. The van der Waals surface area contributed by atoms with Crippen LogP contribution in [0.2, 0.25) is 0 Å². The normalized spacial score (nSPS) is 11.2. The number of benzene rings is 1. The summed E-state index contributed by atoms with van der Waals surface area (Å²) in [7, 11) is -3.64. The van der Waals surface area contributed by atoms with Crippen LogP contribution in [0.3, 0.4) is 0 Å². The first kappa shape index (κ1) is 14.1. The van der Waals surface area contributed by atoms with Gasteiger partial charge in [-0.25, -0.2) is 13.2 Å². The number of carbonyl (C=O) groups is 1. The van der Waals surface area contributed by atoms with Gasteiger partial charge in [0.05, 0.1) is 17.5 Å². The fraction of sp³-hybridized carbons (Fsp3) is 0.167. The van der Waals surface area contributed by atoms with Gasteiger partial charge in [-0.15, -0.1) is 0 Å². The number of H-pyrrole nitrogens is 1. The van der Waals surface area contributed by atoms with Gasteiger partial charge in [-0.1, -0.05) is 12.1 Å². The number of aromatic nitrogens is 2. The second-order valence-corrected chi connectivity index (χ2v) is 6.02. The Hall–Kier alpha value is -2.35. The highest BCUT2D eigenvalue weighted by molar-refractivity contribution is 7.91. The molecule has 8 heteroatoms. The summed E-state index contributed by atoms with van der Waals surface area (Å²) < 4.78 is 26.4. The van der Waals surface area contributed by atoms with Gasteiger partial charge in [0.25, 0.3) is 0 Å². The molecule has 0 atom stereocenters. The summed E-state index contributed by atoms with van der Waals surface area (Å²) in [5.74, 6) is -1.10. The maximum atomic E-state index is 12.0. The molecule has 0 bridgehead atoms. The van der Waals surface area contributed by atoms with Crippen molar-refractivity contribution in [2.75, 3.05) is 4.72 Å². The van der Waals surface area contributed by atoms with Gasteiger partial charge in [0.1, 0.15) is 5.82 Å². The van der Waals surface area contributed by atoms with Gasteiger partial charge in [0, 0.05) is 5.56 Å². The van der Waals surface area contributed by atoms with Crippen LogP contribution in [0.1, 0.15) is 21.5 Å². The molecule has 0 aliphatic rings. The molecule has 7 nitrogen and oxygen atoms in total. The molecule has 0 amide bonds. The molecule has 0 radical (unpaired) electrons. The van der Waals surface area contributed by atoms with E-state index in [2.05, 4.69) is 14.9 Å². The number of carboxylic acids is 1. The third-order valence-corrected chi connectivity index (χ3v) is 3.85. The molecule has 1 aromatic heterocycles. The lowest BCUT2D eigenvalue weighted by Gasteiger charge is -2.07. The van der Waals surface area contributed by atoms with Gasteiger partial charge in [0.2, 0.25) is 10.0 Å². The quantitative estimate of drug-likeness (QED) is 0.771. The number of nitrogens with zero attached hydrogens (tertiary/aromatic N) is 1. The number of rotatable bonds is 5. The second-order valence-electron chi connectivity index (χ2n) is 4.29. The van der Waals surface area contributed by atoms with E-state index in [1.165, 1.54) is 24.4 Å². The Morgan fingerprint density at radius 3 is 2.80 bits per heavy atom. The minimum atomic E-state index is -3.64. The van der Waals surface area contributed by atoms with Crippen molar-refractivity contribution >= 4 is 21.8 Å². The van der Waals surface area contributed by atoms with Crippen molar-refractivity contribution in [3.63, 3.8) is 0 Å². The summed E-state index contributed by atoms with van der Waals surface area (Å²) in [6.45, 7) is 1.71. The van der Waals surface area contributed by atoms with Crippen molar-refractivity contribution in [3.8, 4) is 0 Å². The predicted molar refractivity (Wildman–Crippen MR) is 73.0 cm³/mol. The Morgan fingerprint density at radius 2 is 2.20 bits per heavy atom. The standard InChI is InChI=1S/C12H13N3O4S/c1-8-6-13-14-11(8)15-20(18,19)7-9-3-2-4-10(5-9)12(16)17/h2-6H,7H2,1H3,(H,16,17)(H2,13,14,15). The highest BCUT2D eigenvalue weighted by atomic mass is 32.2. The summed E-state index contributed by atoms with van der Waals surface area (Å²) in [5.41, 5.74) is 1.12. The highest BCUT2D eigenvalue weighted by Gasteiger charge is 2.15. The maximum absolute atomic E-state index is 12.0. The molecule has 0 aliphatic heterocycles. The van der Waals surface area contributed by atoms with E-state index in [0.717, 1.165) is 0 Å². The van der Waals surface area contributed by atoms with E-state index in [4.69, 9.17) is 5.11 Å². The first-order valence-corrected chi connectivity index (χ1v) is 7.35. The molecule has 106 valence electrons. The number of carboxylic acid groups (broad SMARTS) is 1. The average molecular weight is 295 g/mol. The lowest BCUT2D eigenvalue weighted by atomic mass is 10.1. The zero-order valence-corrected chi connectivity index (χ0v) is 11.4. The van der Waals surface area contributed by atoms with Crippen molar-refractivity contribution in [1.29, 1.82) is 0 Å². The van der Waals surface area contributed by atoms with Crippen molar-refractivity contribution in [2.45, 2.75) is 12.7 Å². The number of sulfonamides is 1. The summed E-state index contributed by atoms with van der Waals surface area (Å²) in [5, 5.41) is 15.1. The van der Waals surface area contributed by atoms with Crippen molar-refractivity contribution in [2.24, 2.45) is 0 Å². The van der Waals surface area contributed by atoms with Gasteiger partial charge in [-0.05, 0) is 24.6 Å². The van der Waals surface area contributed by atoms with E-state index in [9.17, 15) is 13.2 Å². The predicted octanol–water partition coefficient (Wildman–Crippen LogP) is 1.36. The number of anilines is 1. The zero-order chi connectivity index (χ0) is 14.8. The Labute approximate surface area is 115 Å². The molecule has 2 aromatic rings. The topological polar surface area (TPSA) is 112 Å². The average Bonchev–Trinajstić information content (AvgIpc) is 2.74. The van der Waals surface area contributed by atoms with Crippen LogP contribution < -0.4 is 4.72 Å². The van der Waals surface area contributed by atoms with Gasteiger partial charge in [0.15, 0.2) is 0 Å². The highest BCUT2D eigenvalue weighted by Crippen LogP contribution is 2.14. The minimum Gasteiger partial charge on any atom is -0.478 e. The number of hydrogen-bond acceptors (Lipinski definition) is 4. The summed E-state index contributed by atoms with van der Waals surface area (Å²) in [6, 6.07) is 5.81. The summed E-state index contributed by atoms with van der Waals surface area (Å²) in [6.07, 6.45) is 1.50. The minimum absolute atomic E-state index is 0.0513. The molecule has 1 heterocycles. The van der Waals surface area contributed by atoms with Gasteiger partial charge >= 0.3 is 5.97 Å². The third-order valence-electron chi connectivity index (χ3n) is 2.62. The molecule has 0 unspecified atom stereocenters. The number of nitrogens with one attached hydrogen (secondary N) is 2. The molecule has 0 fully saturated rings. The SMILES string of the molecule is Cc1cn[nH]c1NS(=O)(=O)Cc1cccc(C(=O)O)c1. The first-order valence-electron chi connectivity index (χ1n) is 5.70. The largest absolute Gasteiger partial charge is 0.478 e. The van der Waals surface area contributed by atoms with Crippen molar-refractivity contribution in [1.82, 2.24) is 10.2 Å². The van der Waals surface area contributed by atoms with E-state index in [0.29, 0.717) is 16.9 Å². The van der Waals surface area contributed by atoms with E-state index in [1.807, 2.05) is 0 Å². The Bertz CT molecular complexity index is 737. The molecule has 1 aromatic carbocycles. The van der Waals surface area contributed by atoms with Crippen LogP contribution in [-0.2, 0) is 15.8 Å². The zero-order valence-electron chi connectivity index (χ0n) is 10.6. The third kappa shape index (κ3) is 3.35. The van der Waals surface area contributed by atoms with Crippen LogP contribution in [0.5, 0.6) is 0 Å². The Balaban J connectivity index is 2.18. The number of aromatic carboxylic acids is 1. The second kappa shape index (κ2) is 5.33.